The quantitative estimate of drug-likeness (QED) is 0.327. The Morgan fingerprint density at radius 3 is 2.57 bits per heavy atom. The van der Waals surface area contributed by atoms with Crippen LogP contribution in [0.5, 0.6) is 0 Å². The van der Waals surface area contributed by atoms with Crippen molar-refractivity contribution in [3.8, 4) is 17.1 Å². The third-order valence-corrected chi connectivity index (χ3v) is 5.47. The lowest BCUT2D eigenvalue weighted by Crippen LogP contribution is -2.22. The van der Waals surface area contributed by atoms with Crippen molar-refractivity contribution in [2.75, 3.05) is 0 Å². The molecule has 1 aromatic heterocycles. The number of benzene rings is 3. The number of hydrogen-bond acceptors (Lipinski definition) is 2. The monoisotopic (exact) mass is 476 g/mol. The minimum atomic E-state index is -0.410. The smallest absolute Gasteiger partial charge is 0.266 e. The molecule has 0 aliphatic carbocycles. The lowest BCUT2D eigenvalue weighted by Gasteiger charge is -2.15. The Balaban J connectivity index is 2.16. The third kappa shape index (κ3) is 3.34. The summed E-state index contributed by atoms with van der Waals surface area (Å²) < 4.78 is 16.4. The van der Waals surface area contributed by atoms with Crippen LogP contribution in [0, 0.1) is 12.7 Å². The summed E-state index contributed by atoms with van der Waals surface area (Å²) in [5.41, 5.74) is 1.49. The fraction of sp³-hybridized carbons (Fsp3) is 0.0476. The van der Waals surface area contributed by atoms with E-state index in [4.69, 9.17) is 23.2 Å². The molecule has 0 N–H and O–H groups in total. The van der Waals surface area contributed by atoms with Crippen LogP contribution < -0.4 is 5.56 Å². The number of aromatic nitrogens is 2. The Bertz CT molecular complexity index is 1300. The first-order valence-electron chi connectivity index (χ1n) is 8.29. The van der Waals surface area contributed by atoms with Crippen LogP contribution in [0.1, 0.15) is 5.56 Å². The molecule has 0 unspecified atom stereocenters. The van der Waals surface area contributed by atoms with Crippen molar-refractivity contribution in [2.45, 2.75) is 6.92 Å². The molecule has 1 heterocycles. The van der Waals surface area contributed by atoms with Gasteiger partial charge in [0.25, 0.3) is 5.56 Å². The largest absolute Gasteiger partial charge is 0.268 e. The van der Waals surface area contributed by atoms with Gasteiger partial charge >= 0.3 is 0 Å². The molecule has 0 atom stereocenters. The molecule has 0 aliphatic rings. The molecule has 7 heteroatoms. The summed E-state index contributed by atoms with van der Waals surface area (Å²) in [7, 11) is 0. The van der Waals surface area contributed by atoms with Gasteiger partial charge in [-0.15, -0.1) is 0 Å². The first-order chi connectivity index (χ1) is 13.3. The third-order valence-electron chi connectivity index (χ3n) is 4.41. The van der Waals surface area contributed by atoms with E-state index >= 15 is 0 Å². The van der Waals surface area contributed by atoms with Gasteiger partial charge in [-0.1, -0.05) is 45.2 Å². The predicted molar refractivity (Wildman–Crippen MR) is 115 cm³/mol. The van der Waals surface area contributed by atoms with Crippen molar-refractivity contribution in [1.29, 1.82) is 0 Å². The van der Waals surface area contributed by atoms with Crippen LogP contribution in [0.2, 0.25) is 10.0 Å². The maximum Gasteiger partial charge on any atom is 0.266 e. The lowest BCUT2D eigenvalue weighted by molar-refractivity contribution is 0.617. The van der Waals surface area contributed by atoms with Crippen LogP contribution in [-0.4, -0.2) is 9.55 Å². The number of fused-ring (bicyclic) bond motifs is 1. The normalized spacial score (nSPS) is 11.2. The molecule has 140 valence electrons. The second kappa shape index (κ2) is 7.32. The van der Waals surface area contributed by atoms with E-state index in [9.17, 15) is 9.18 Å². The average Bonchev–Trinajstić information content (AvgIpc) is 2.66. The zero-order chi connectivity index (χ0) is 20.0. The first kappa shape index (κ1) is 19.1. The molecule has 3 aromatic carbocycles. The molecule has 4 rings (SSSR count). The standard InChI is InChI=1S/C21H12BrCl2FN2O/c1-11-2-5-14(10-18(11)25)27-20(16-8-12(22)3-7-17(16)24)26-19-9-13(23)4-6-15(19)21(27)28/h2-10H,1H3. The van der Waals surface area contributed by atoms with Gasteiger partial charge in [0.15, 0.2) is 0 Å². The summed E-state index contributed by atoms with van der Waals surface area (Å²) in [6.07, 6.45) is 0. The van der Waals surface area contributed by atoms with Gasteiger partial charge in [-0.2, -0.15) is 0 Å². The molecule has 0 saturated carbocycles. The van der Waals surface area contributed by atoms with Crippen molar-refractivity contribution >= 4 is 50.0 Å². The summed E-state index contributed by atoms with van der Waals surface area (Å²) in [5.74, 6) is -0.110. The van der Waals surface area contributed by atoms with Crippen molar-refractivity contribution in [3.63, 3.8) is 0 Å². The molecular formula is C21H12BrCl2FN2O. The van der Waals surface area contributed by atoms with E-state index in [0.717, 1.165) is 4.47 Å². The van der Waals surface area contributed by atoms with Crippen LogP contribution in [-0.2, 0) is 0 Å². The van der Waals surface area contributed by atoms with Crippen LogP contribution in [0.3, 0.4) is 0 Å². The molecule has 0 fully saturated rings. The van der Waals surface area contributed by atoms with Crippen LogP contribution in [0.4, 0.5) is 4.39 Å². The fourth-order valence-corrected chi connectivity index (χ4v) is 3.70. The summed E-state index contributed by atoms with van der Waals surface area (Å²) in [4.78, 5) is 18.0. The molecule has 0 aliphatic heterocycles. The van der Waals surface area contributed by atoms with E-state index in [1.165, 1.54) is 10.6 Å². The molecule has 3 nitrogen and oxygen atoms in total. The highest BCUT2D eigenvalue weighted by atomic mass is 79.9. The first-order valence-corrected chi connectivity index (χ1v) is 9.84. The molecule has 0 spiro atoms. The van der Waals surface area contributed by atoms with Crippen LogP contribution >= 0.6 is 39.1 Å². The van der Waals surface area contributed by atoms with Gasteiger partial charge in [0.1, 0.15) is 11.6 Å². The Morgan fingerprint density at radius 1 is 1.04 bits per heavy atom. The number of halogens is 4. The molecule has 0 bridgehead atoms. The van der Waals surface area contributed by atoms with E-state index < -0.39 is 5.82 Å². The summed E-state index contributed by atoms with van der Waals surface area (Å²) in [5, 5.41) is 1.25. The fourth-order valence-electron chi connectivity index (χ4n) is 2.97. The number of aryl methyl sites for hydroxylation is 1. The zero-order valence-electron chi connectivity index (χ0n) is 14.5. The van der Waals surface area contributed by atoms with Crippen molar-refractivity contribution in [2.24, 2.45) is 0 Å². The Labute approximate surface area is 178 Å². The zero-order valence-corrected chi connectivity index (χ0v) is 17.6. The van der Waals surface area contributed by atoms with Gasteiger partial charge in [-0.3, -0.25) is 9.36 Å². The molecule has 28 heavy (non-hydrogen) atoms. The molecule has 0 amide bonds. The molecular weight excluding hydrogens is 466 g/mol. The van der Waals surface area contributed by atoms with E-state index in [-0.39, 0.29) is 5.56 Å². The van der Waals surface area contributed by atoms with Gasteiger partial charge < -0.3 is 0 Å². The van der Waals surface area contributed by atoms with Crippen molar-refractivity contribution in [1.82, 2.24) is 9.55 Å². The SMILES string of the molecule is Cc1ccc(-n2c(-c3cc(Br)ccc3Cl)nc3cc(Cl)ccc3c2=O)cc1F. The van der Waals surface area contributed by atoms with Gasteiger partial charge in [0, 0.05) is 15.1 Å². The highest BCUT2D eigenvalue weighted by molar-refractivity contribution is 9.10. The molecule has 0 radical (unpaired) electrons. The predicted octanol–water partition coefficient (Wildman–Crippen LogP) is 6.57. The van der Waals surface area contributed by atoms with E-state index in [1.807, 2.05) is 0 Å². The highest BCUT2D eigenvalue weighted by Gasteiger charge is 2.18. The maximum absolute atomic E-state index is 14.3. The van der Waals surface area contributed by atoms with E-state index in [0.29, 0.717) is 43.6 Å². The average molecular weight is 478 g/mol. The number of rotatable bonds is 2. The van der Waals surface area contributed by atoms with E-state index in [1.54, 1.807) is 55.5 Å². The number of nitrogens with zero attached hydrogens (tertiary/aromatic N) is 2. The second-order valence-electron chi connectivity index (χ2n) is 6.30. The van der Waals surface area contributed by atoms with Gasteiger partial charge in [-0.05, 0) is 61.0 Å². The van der Waals surface area contributed by atoms with Crippen molar-refractivity contribution in [3.05, 3.63) is 90.8 Å². The van der Waals surface area contributed by atoms with Gasteiger partial charge in [0.05, 0.1) is 21.6 Å². The lowest BCUT2D eigenvalue weighted by atomic mass is 10.1. The van der Waals surface area contributed by atoms with Gasteiger partial charge in [0.2, 0.25) is 0 Å². The number of hydrogen-bond donors (Lipinski definition) is 0. The van der Waals surface area contributed by atoms with Crippen LogP contribution in [0.25, 0.3) is 28.0 Å². The Hall–Kier alpha value is -2.21. The highest BCUT2D eigenvalue weighted by Crippen LogP contribution is 2.31. The molecule has 0 saturated heterocycles. The van der Waals surface area contributed by atoms with Crippen molar-refractivity contribution < 1.29 is 4.39 Å². The van der Waals surface area contributed by atoms with Crippen LogP contribution in [0.15, 0.2) is 63.9 Å². The Kier molecular flexibility index (Phi) is 5.00. The minimum Gasteiger partial charge on any atom is -0.268 e. The minimum absolute atomic E-state index is 0.300. The summed E-state index contributed by atoms with van der Waals surface area (Å²) in [6, 6.07) is 14.7. The maximum atomic E-state index is 14.3. The van der Waals surface area contributed by atoms with Gasteiger partial charge in [-0.25, -0.2) is 9.37 Å². The van der Waals surface area contributed by atoms with E-state index in [2.05, 4.69) is 20.9 Å². The summed E-state index contributed by atoms with van der Waals surface area (Å²) >= 11 is 15.9. The Morgan fingerprint density at radius 2 is 1.82 bits per heavy atom. The second-order valence-corrected chi connectivity index (χ2v) is 8.05. The molecule has 4 aromatic rings. The summed E-state index contributed by atoms with van der Waals surface area (Å²) in [6.45, 7) is 1.66. The topological polar surface area (TPSA) is 34.9 Å².